The third-order valence-corrected chi connectivity index (χ3v) is 3.71. The zero-order valence-corrected chi connectivity index (χ0v) is 14.4. The summed E-state index contributed by atoms with van der Waals surface area (Å²) in [6, 6.07) is 5.40. The predicted molar refractivity (Wildman–Crippen MR) is 94.3 cm³/mol. The third-order valence-electron chi connectivity index (χ3n) is 3.71. The number of carbonyl (C=O) groups is 2. The molecule has 1 aromatic carbocycles. The number of hydrogen-bond donors (Lipinski definition) is 3. The molecule has 3 rings (SSSR count). The quantitative estimate of drug-likeness (QED) is 0.538. The SMILES string of the molecule is CN(C)CCOc1ccc2nc(-n3cnc(C(N)=O)c3C(N)=O)[nH]c2c1. The molecule has 0 bridgehead atoms. The molecule has 0 aliphatic carbocycles. The minimum atomic E-state index is -0.842. The molecular weight excluding hydrogens is 338 g/mol. The maximum absolute atomic E-state index is 11.7. The number of nitrogens with zero attached hydrogens (tertiary/aromatic N) is 4. The molecule has 2 amide bonds. The van der Waals surface area contributed by atoms with Gasteiger partial charge in [0.1, 0.15) is 24.4 Å². The smallest absolute Gasteiger partial charge is 0.269 e. The molecule has 0 radical (unpaired) electrons. The molecule has 5 N–H and O–H groups in total. The zero-order valence-electron chi connectivity index (χ0n) is 14.4. The summed E-state index contributed by atoms with van der Waals surface area (Å²) in [4.78, 5) is 36.5. The van der Waals surface area contributed by atoms with E-state index in [1.165, 1.54) is 10.9 Å². The average Bonchev–Trinajstić information content (AvgIpc) is 3.17. The van der Waals surface area contributed by atoms with E-state index in [4.69, 9.17) is 16.2 Å². The Morgan fingerprint density at radius 3 is 2.69 bits per heavy atom. The van der Waals surface area contributed by atoms with Gasteiger partial charge in [-0.25, -0.2) is 9.97 Å². The number of carbonyl (C=O) groups excluding carboxylic acids is 2. The first kappa shape index (κ1) is 17.4. The fourth-order valence-electron chi connectivity index (χ4n) is 2.45. The van der Waals surface area contributed by atoms with Crippen molar-refractivity contribution in [2.45, 2.75) is 0 Å². The Kier molecular flexibility index (Phi) is 4.59. The summed E-state index contributed by atoms with van der Waals surface area (Å²) in [5, 5.41) is 0. The van der Waals surface area contributed by atoms with Gasteiger partial charge in [0.15, 0.2) is 5.69 Å². The first-order valence-corrected chi connectivity index (χ1v) is 7.81. The molecule has 0 saturated heterocycles. The van der Waals surface area contributed by atoms with Crippen LogP contribution in [0.3, 0.4) is 0 Å². The van der Waals surface area contributed by atoms with Crippen LogP contribution in [0.5, 0.6) is 5.75 Å². The van der Waals surface area contributed by atoms with Gasteiger partial charge in [-0.15, -0.1) is 0 Å². The van der Waals surface area contributed by atoms with Crippen LogP contribution in [0.4, 0.5) is 0 Å². The number of benzene rings is 1. The number of aromatic nitrogens is 4. The van der Waals surface area contributed by atoms with E-state index in [0.717, 1.165) is 6.54 Å². The fraction of sp³-hybridized carbons (Fsp3) is 0.250. The summed E-state index contributed by atoms with van der Waals surface area (Å²) < 4.78 is 6.99. The number of aromatic amines is 1. The van der Waals surface area contributed by atoms with E-state index in [1.54, 1.807) is 18.2 Å². The van der Waals surface area contributed by atoms with Crippen LogP contribution in [0, 0.1) is 0 Å². The van der Waals surface area contributed by atoms with Crippen molar-refractivity contribution in [3.05, 3.63) is 35.9 Å². The zero-order chi connectivity index (χ0) is 18.8. The summed E-state index contributed by atoms with van der Waals surface area (Å²) in [7, 11) is 3.94. The van der Waals surface area contributed by atoms with E-state index in [1.807, 2.05) is 19.0 Å². The minimum Gasteiger partial charge on any atom is -0.492 e. The van der Waals surface area contributed by atoms with Crippen LogP contribution < -0.4 is 16.2 Å². The van der Waals surface area contributed by atoms with Crippen molar-refractivity contribution >= 4 is 22.8 Å². The lowest BCUT2D eigenvalue weighted by atomic mass is 10.3. The summed E-state index contributed by atoms with van der Waals surface area (Å²) in [5.41, 5.74) is 11.6. The largest absolute Gasteiger partial charge is 0.492 e. The van der Waals surface area contributed by atoms with Gasteiger partial charge >= 0.3 is 0 Å². The topological polar surface area (TPSA) is 145 Å². The number of amides is 2. The highest BCUT2D eigenvalue weighted by Gasteiger charge is 2.22. The molecule has 0 aliphatic rings. The first-order chi connectivity index (χ1) is 12.4. The maximum atomic E-state index is 11.7. The van der Waals surface area contributed by atoms with Gasteiger partial charge in [0.05, 0.1) is 11.0 Å². The Bertz CT molecular complexity index is 974. The maximum Gasteiger partial charge on any atom is 0.269 e. The standard InChI is InChI=1S/C16H19N7O3/c1-22(2)5-6-26-9-3-4-10-11(7-9)21-16(20-10)23-8-19-12(14(17)24)13(23)15(18)25/h3-4,7-8H,5-6H2,1-2H3,(H2,17,24)(H2,18,25)(H,20,21). The Hall–Kier alpha value is -3.40. The number of primary amides is 2. The molecular formula is C16H19N7O3. The summed E-state index contributed by atoms with van der Waals surface area (Å²) in [6.45, 7) is 1.34. The average molecular weight is 357 g/mol. The number of imidazole rings is 2. The van der Waals surface area contributed by atoms with E-state index in [9.17, 15) is 9.59 Å². The molecule has 0 spiro atoms. The van der Waals surface area contributed by atoms with Crippen molar-refractivity contribution < 1.29 is 14.3 Å². The van der Waals surface area contributed by atoms with E-state index in [-0.39, 0.29) is 11.4 Å². The summed E-state index contributed by atoms with van der Waals surface area (Å²) >= 11 is 0. The van der Waals surface area contributed by atoms with Crippen LogP contribution in [-0.4, -0.2) is 63.5 Å². The van der Waals surface area contributed by atoms with Crippen LogP contribution in [-0.2, 0) is 0 Å². The van der Waals surface area contributed by atoms with E-state index < -0.39 is 11.8 Å². The van der Waals surface area contributed by atoms with E-state index in [2.05, 4.69) is 15.0 Å². The molecule has 2 aromatic heterocycles. The molecule has 0 atom stereocenters. The monoisotopic (exact) mass is 357 g/mol. The van der Waals surface area contributed by atoms with Gasteiger partial charge in [0.25, 0.3) is 11.8 Å². The van der Waals surface area contributed by atoms with Crippen LogP contribution in [0.25, 0.3) is 17.0 Å². The normalized spacial score (nSPS) is 11.2. The summed E-state index contributed by atoms with van der Waals surface area (Å²) in [6.07, 6.45) is 1.27. The highest BCUT2D eigenvalue weighted by molar-refractivity contribution is 6.04. The Balaban J connectivity index is 1.95. The number of nitrogens with one attached hydrogen (secondary N) is 1. The Morgan fingerprint density at radius 1 is 1.27 bits per heavy atom. The van der Waals surface area contributed by atoms with Crippen LogP contribution in [0.2, 0.25) is 0 Å². The lowest BCUT2D eigenvalue weighted by Gasteiger charge is -2.10. The summed E-state index contributed by atoms with van der Waals surface area (Å²) in [5.74, 6) is -0.693. The third kappa shape index (κ3) is 3.35. The van der Waals surface area contributed by atoms with Gasteiger partial charge in [-0.1, -0.05) is 0 Å². The van der Waals surface area contributed by atoms with Crippen molar-refractivity contribution in [1.82, 2.24) is 24.4 Å². The van der Waals surface area contributed by atoms with Gasteiger partial charge in [-0.05, 0) is 26.2 Å². The van der Waals surface area contributed by atoms with Gasteiger partial charge in [-0.3, -0.25) is 14.2 Å². The van der Waals surface area contributed by atoms with Gasteiger partial charge < -0.3 is 26.1 Å². The number of ether oxygens (including phenoxy) is 1. The van der Waals surface area contributed by atoms with Crippen molar-refractivity contribution in [3.8, 4) is 11.7 Å². The van der Waals surface area contributed by atoms with E-state index in [0.29, 0.717) is 29.3 Å². The fourth-order valence-corrected chi connectivity index (χ4v) is 2.45. The highest BCUT2D eigenvalue weighted by Crippen LogP contribution is 2.21. The van der Waals surface area contributed by atoms with Crippen molar-refractivity contribution in [3.63, 3.8) is 0 Å². The molecule has 0 saturated carbocycles. The second-order valence-electron chi connectivity index (χ2n) is 5.93. The van der Waals surface area contributed by atoms with E-state index >= 15 is 0 Å². The predicted octanol–water partition coefficient (Wildman–Crippen LogP) is -0.113. The number of likely N-dealkylation sites (N-methyl/N-ethyl adjacent to an activating group) is 1. The minimum absolute atomic E-state index is 0.126. The van der Waals surface area contributed by atoms with Crippen LogP contribution in [0.15, 0.2) is 24.5 Å². The molecule has 2 heterocycles. The van der Waals surface area contributed by atoms with Crippen molar-refractivity contribution in [1.29, 1.82) is 0 Å². The van der Waals surface area contributed by atoms with Gasteiger partial charge in [0.2, 0.25) is 5.95 Å². The highest BCUT2D eigenvalue weighted by atomic mass is 16.5. The molecule has 10 heteroatoms. The van der Waals surface area contributed by atoms with Crippen molar-refractivity contribution in [2.75, 3.05) is 27.2 Å². The second-order valence-corrected chi connectivity index (χ2v) is 5.93. The van der Waals surface area contributed by atoms with Gasteiger partial charge in [-0.2, -0.15) is 0 Å². The molecule has 0 fully saturated rings. The number of H-pyrrole nitrogens is 1. The lowest BCUT2D eigenvalue weighted by molar-refractivity contribution is 0.0960. The molecule has 10 nitrogen and oxygen atoms in total. The van der Waals surface area contributed by atoms with Crippen LogP contribution >= 0.6 is 0 Å². The van der Waals surface area contributed by atoms with Crippen LogP contribution in [0.1, 0.15) is 21.0 Å². The second kappa shape index (κ2) is 6.84. The van der Waals surface area contributed by atoms with Crippen molar-refractivity contribution in [2.24, 2.45) is 11.5 Å². The number of hydrogen-bond acceptors (Lipinski definition) is 6. The number of rotatable bonds is 7. The molecule has 26 heavy (non-hydrogen) atoms. The molecule has 0 unspecified atom stereocenters. The molecule has 3 aromatic rings. The molecule has 136 valence electrons. The van der Waals surface area contributed by atoms with Gasteiger partial charge in [0, 0.05) is 12.6 Å². The molecule has 0 aliphatic heterocycles. The number of nitrogens with two attached hydrogens (primary N) is 2. The first-order valence-electron chi connectivity index (χ1n) is 7.81. The lowest BCUT2D eigenvalue weighted by Crippen LogP contribution is -2.23. The number of fused-ring (bicyclic) bond motifs is 1. The Labute approximate surface area is 148 Å². The Morgan fingerprint density at radius 2 is 2.04 bits per heavy atom.